The largest absolute Gasteiger partial charge is 0.458 e. The van der Waals surface area contributed by atoms with E-state index in [2.05, 4.69) is 4.98 Å². The third-order valence-corrected chi connectivity index (χ3v) is 3.61. The van der Waals surface area contributed by atoms with Crippen LogP contribution in [0.15, 0.2) is 66.9 Å². The van der Waals surface area contributed by atoms with Gasteiger partial charge in [-0.15, -0.1) is 0 Å². The van der Waals surface area contributed by atoms with E-state index in [0.717, 1.165) is 11.2 Å². The number of carbonyl (C=O) groups excluding carboxylic acids is 1. The van der Waals surface area contributed by atoms with Crippen molar-refractivity contribution >= 4 is 35.4 Å². The van der Waals surface area contributed by atoms with Crippen molar-refractivity contribution in [3.8, 4) is 0 Å². The minimum atomic E-state index is -0.436. The van der Waals surface area contributed by atoms with Crippen molar-refractivity contribution in [1.29, 1.82) is 0 Å². The van der Waals surface area contributed by atoms with Crippen LogP contribution in [0.2, 0.25) is 5.15 Å². The van der Waals surface area contributed by atoms with Gasteiger partial charge in [-0.2, -0.15) is 0 Å². The van der Waals surface area contributed by atoms with Crippen LogP contribution in [-0.4, -0.2) is 22.0 Å². The number of imidazole rings is 1. The number of nitrogens with zero attached hydrogens (tertiary/aromatic N) is 2. The Morgan fingerprint density at radius 2 is 1.92 bits per heavy atom. The Bertz CT molecular complexity index is 898. The number of hydrogen-bond donors (Lipinski definition) is 0. The molecule has 0 saturated heterocycles. The van der Waals surface area contributed by atoms with E-state index in [1.165, 1.54) is 6.08 Å². The molecule has 3 rings (SSSR count). The standard InChI is InChI=1S/C19H15ClN2O2/c20-19-16(22-13-5-4-10-17(22)21-19)11-12-18(23)24-14-6-9-15-7-2-1-3-8-15/h1-13H,14H2. The summed E-state index contributed by atoms with van der Waals surface area (Å²) in [5.74, 6) is -0.436. The third-order valence-electron chi connectivity index (χ3n) is 3.33. The third kappa shape index (κ3) is 3.91. The van der Waals surface area contributed by atoms with Gasteiger partial charge in [0.1, 0.15) is 12.3 Å². The second-order valence-electron chi connectivity index (χ2n) is 4.99. The zero-order valence-corrected chi connectivity index (χ0v) is 13.6. The molecule has 2 heterocycles. The van der Waals surface area contributed by atoms with E-state index in [9.17, 15) is 4.79 Å². The molecule has 4 nitrogen and oxygen atoms in total. The molecular formula is C19H15ClN2O2. The van der Waals surface area contributed by atoms with E-state index in [0.29, 0.717) is 10.8 Å². The number of esters is 1. The van der Waals surface area contributed by atoms with Crippen molar-refractivity contribution in [1.82, 2.24) is 9.38 Å². The maximum absolute atomic E-state index is 11.8. The van der Waals surface area contributed by atoms with Gasteiger partial charge >= 0.3 is 5.97 Å². The highest BCUT2D eigenvalue weighted by atomic mass is 35.5. The number of ether oxygens (including phenoxy) is 1. The molecule has 120 valence electrons. The number of pyridine rings is 1. The number of fused-ring (bicyclic) bond motifs is 1. The molecule has 24 heavy (non-hydrogen) atoms. The van der Waals surface area contributed by atoms with Crippen LogP contribution in [0.3, 0.4) is 0 Å². The molecule has 3 aromatic rings. The van der Waals surface area contributed by atoms with Crippen LogP contribution < -0.4 is 0 Å². The molecule has 0 spiro atoms. The Kier molecular flexibility index (Phi) is 5.08. The van der Waals surface area contributed by atoms with Gasteiger partial charge in [0, 0.05) is 12.3 Å². The summed E-state index contributed by atoms with van der Waals surface area (Å²) in [7, 11) is 0. The summed E-state index contributed by atoms with van der Waals surface area (Å²) in [4.78, 5) is 16.0. The number of hydrogen-bond acceptors (Lipinski definition) is 3. The smallest absolute Gasteiger partial charge is 0.331 e. The summed E-state index contributed by atoms with van der Waals surface area (Å²) in [6.45, 7) is 0.207. The normalized spacial score (nSPS) is 11.5. The average Bonchev–Trinajstić information content (AvgIpc) is 2.93. The van der Waals surface area contributed by atoms with E-state index in [1.54, 1.807) is 16.6 Å². The summed E-state index contributed by atoms with van der Waals surface area (Å²) >= 11 is 6.10. The lowest BCUT2D eigenvalue weighted by Crippen LogP contribution is -2.00. The molecule has 0 unspecified atom stereocenters. The second kappa shape index (κ2) is 7.62. The van der Waals surface area contributed by atoms with Crippen molar-refractivity contribution in [2.75, 3.05) is 6.61 Å². The van der Waals surface area contributed by atoms with Gasteiger partial charge in [0.25, 0.3) is 0 Å². The molecule has 0 aliphatic rings. The van der Waals surface area contributed by atoms with Gasteiger partial charge in [-0.3, -0.25) is 4.40 Å². The number of carbonyl (C=O) groups is 1. The Hall–Kier alpha value is -2.85. The maximum Gasteiger partial charge on any atom is 0.331 e. The van der Waals surface area contributed by atoms with Gasteiger partial charge < -0.3 is 4.74 Å². The predicted molar refractivity (Wildman–Crippen MR) is 95.7 cm³/mol. The fraction of sp³-hybridized carbons (Fsp3) is 0.0526. The molecule has 2 aromatic heterocycles. The molecule has 0 amide bonds. The van der Waals surface area contributed by atoms with Gasteiger partial charge in [-0.25, -0.2) is 9.78 Å². The molecule has 0 saturated carbocycles. The van der Waals surface area contributed by atoms with Crippen LogP contribution in [0.4, 0.5) is 0 Å². The first-order chi connectivity index (χ1) is 11.7. The number of rotatable bonds is 5. The van der Waals surface area contributed by atoms with Crippen LogP contribution in [-0.2, 0) is 9.53 Å². The minimum absolute atomic E-state index is 0.207. The van der Waals surface area contributed by atoms with Crippen LogP contribution in [0.25, 0.3) is 17.8 Å². The SMILES string of the molecule is O=C(C=Cc1c(Cl)nc2ccccn12)OCC=Cc1ccccc1. The van der Waals surface area contributed by atoms with Crippen LogP contribution >= 0.6 is 11.6 Å². The summed E-state index contributed by atoms with van der Waals surface area (Å²) in [5.41, 5.74) is 2.42. The summed E-state index contributed by atoms with van der Waals surface area (Å²) in [6.07, 6.45) is 8.48. The molecule has 0 atom stereocenters. The highest BCUT2D eigenvalue weighted by Crippen LogP contribution is 2.18. The first kappa shape index (κ1) is 16.0. The molecule has 0 fully saturated rings. The monoisotopic (exact) mass is 338 g/mol. The molecule has 1 aromatic carbocycles. The molecular weight excluding hydrogens is 324 g/mol. The van der Waals surface area contributed by atoms with Crippen molar-refractivity contribution in [2.24, 2.45) is 0 Å². The van der Waals surface area contributed by atoms with Crippen LogP contribution in [0.5, 0.6) is 0 Å². The minimum Gasteiger partial charge on any atom is -0.458 e. The first-order valence-electron chi connectivity index (χ1n) is 7.43. The maximum atomic E-state index is 11.8. The molecule has 0 aliphatic carbocycles. The van der Waals surface area contributed by atoms with Gasteiger partial charge in [-0.05, 0) is 29.8 Å². The lowest BCUT2D eigenvalue weighted by atomic mass is 10.2. The highest BCUT2D eigenvalue weighted by Gasteiger charge is 2.07. The topological polar surface area (TPSA) is 43.6 Å². The Balaban J connectivity index is 1.59. The number of halogens is 1. The van der Waals surface area contributed by atoms with Gasteiger partial charge in [0.15, 0.2) is 5.15 Å². The average molecular weight is 339 g/mol. The summed E-state index contributed by atoms with van der Waals surface area (Å²) < 4.78 is 6.94. The fourth-order valence-electron chi connectivity index (χ4n) is 2.21. The molecule has 0 bridgehead atoms. The zero-order valence-electron chi connectivity index (χ0n) is 12.8. The van der Waals surface area contributed by atoms with E-state index >= 15 is 0 Å². The summed E-state index contributed by atoms with van der Waals surface area (Å²) in [6, 6.07) is 15.4. The van der Waals surface area contributed by atoms with E-state index in [1.807, 2.05) is 60.8 Å². The Morgan fingerprint density at radius 1 is 1.12 bits per heavy atom. The zero-order chi connectivity index (χ0) is 16.8. The van der Waals surface area contributed by atoms with Gasteiger partial charge in [0.05, 0.1) is 5.69 Å². The van der Waals surface area contributed by atoms with Gasteiger partial charge in [0.2, 0.25) is 0 Å². The molecule has 0 radical (unpaired) electrons. The number of aromatic nitrogens is 2. The van der Waals surface area contributed by atoms with E-state index in [-0.39, 0.29) is 6.61 Å². The Morgan fingerprint density at radius 3 is 2.75 bits per heavy atom. The van der Waals surface area contributed by atoms with E-state index in [4.69, 9.17) is 16.3 Å². The number of benzene rings is 1. The first-order valence-corrected chi connectivity index (χ1v) is 7.81. The van der Waals surface area contributed by atoms with Crippen LogP contribution in [0, 0.1) is 0 Å². The van der Waals surface area contributed by atoms with E-state index < -0.39 is 5.97 Å². The molecule has 0 aliphatic heterocycles. The van der Waals surface area contributed by atoms with Crippen LogP contribution in [0.1, 0.15) is 11.3 Å². The molecule has 0 N–H and O–H groups in total. The van der Waals surface area contributed by atoms with Crippen molar-refractivity contribution in [3.63, 3.8) is 0 Å². The predicted octanol–water partition coefficient (Wildman–Crippen LogP) is 4.26. The second-order valence-corrected chi connectivity index (χ2v) is 5.35. The van der Waals surface area contributed by atoms with Crippen molar-refractivity contribution < 1.29 is 9.53 Å². The lowest BCUT2D eigenvalue weighted by molar-refractivity contribution is -0.136. The lowest BCUT2D eigenvalue weighted by Gasteiger charge is -1.98. The van der Waals surface area contributed by atoms with Crippen molar-refractivity contribution in [3.05, 3.63) is 83.3 Å². The summed E-state index contributed by atoms with van der Waals surface area (Å²) in [5, 5.41) is 0.342. The highest BCUT2D eigenvalue weighted by molar-refractivity contribution is 6.31. The molecule has 5 heteroatoms. The van der Waals surface area contributed by atoms with Gasteiger partial charge in [-0.1, -0.05) is 54.1 Å². The fourth-order valence-corrected chi connectivity index (χ4v) is 2.45. The van der Waals surface area contributed by atoms with Crippen molar-refractivity contribution in [2.45, 2.75) is 0 Å². The Labute approximate surface area is 144 Å². The quantitative estimate of drug-likeness (QED) is 0.516.